The summed E-state index contributed by atoms with van der Waals surface area (Å²) in [6.45, 7) is 2.30. The molecule has 4 nitrogen and oxygen atoms in total. The van der Waals surface area contributed by atoms with Gasteiger partial charge in [-0.05, 0) is 38.4 Å². The Kier molecular flexibility index (Phi) is 5.76. The van der Waals surface area contributed by atoms with E-state index in [1.54, 1.807) is 0 Å². The lowest BCUT2D eigenvalue weighted by molar-refractivity contribution is -0.123. The first-order valence-corrected chi connectivity index (χ1v) is 7.85. The van der Waals surface area contributed by atoms with Crippen LogP contribution >= 0.6 is 0 Å². The third-order valence-corrected chi connectivity index (χ3v) is 4.27. The molecule has 0 bridgehead atoms. The molecular formula is C17H26N2O2. The van der Waals surface area contributed by atoms with Crippen molar-refractivity contribution in [2.45, 2.75) is 57.7 Å². The van der Waals surface area contributed by atoms with Crippen molar-refractivity contribution in [2.75, 3.05) is 12.4 Å². The van der Waals surface area contributed by atoms with Gasteiger partial charge in [0.15, 0.2) is 0 Å². The molecule has 0 aromatic heterocycles. The number of para-hydroxylation sites is 1. The lowest BCUT2D eigenvalue weighted by atomic mass is 9.94. The van der Waals surface area contributed by atoms with Crippen LogP contribution in [0.2, 0.25) is 0 Å². The first kappa shape index (κ1) is 16.0. The van der Waals surface area contributed by atoms with Gasteiger partial charge in [0.2, 0.25) is 0 Å². The minimum Gasteiger partial charge on any atom is -0.384 e. The van der Waals surface area contributed by atoms with E-state index in [0.717, 1.165) is 17.8 Å². The van der Waals surface area contributed by atoms with Gasteiger partial charge in [0.1, 0.15) is 6.10 Å². The highest BCUT2D eigenvalue weighted by atomic mass is 16.3. The molecule has 0 radical (unpaired) electrons. The second-order valence-corrected chi connectivity index (χ2v) is 6.03. The molecule has 1 aromatic carbocycles. The number of aliphatic hydroxyl groups is 1. The number of amides is 1. The highest BCUT2D eigenvalue weighted by Crippen LogP contribution is 2.24. The SMILES string of the molecule is CC(O)C(=O)Nc1ccccc1CN(C)C1CCCCC1. The largest absolute Gasteiger partial charge is 0.384 e. The van der Waals surface area contributed by atoms with Gasteiger partial charge < -0.3 is 10.4 Å². The van der Waals surface area contributed by atoms with Gasteiger partial charge in [-0.15, -0.1) is 0 Å². The van der Waals surface area contributed by atoms with Gasteiger partial charge in [-0.3, -0.25) is 9.69 Å². The van der Waals surface area contributed by atoms with E-state index in [-0.39, 0.29) is 5.91 Å². The summed E-state index contributed by atoms with van der Waals surface area (Å²) in [5.41, 5.74) is 1.89. The molecular weight excluding hydrogens is 264 g/mol. The van der Waals surface area contributed by atoms with Crippen LogP contribution in [0, 0.1) is 0 Å². The van der Waals surface area contributed by atoms with E-state index in [1.807, 2.05) is 24.3 Å². The Morgan fingerprint density at radius 1 is 1.33 bits per heavy atom. The van der Waals surface area contributed by atoms with Crippen LogP contribution in [0.3, 0.4) is 0 Å². The van der Waals surface area contributed by atoms with Gasteiger partial charge in [0, 0.05) is 18.3 Å². The second kappa shape index (κ2) is 7.57. The molecule has 1 aliphatic carbocycles. The molecule has 1 atom stereocenters. The van der Waals surface area contributed by atoms with Gasteiger partial charge in [0.25, 0.3) is 5.91 Å². The Labute approximate surface area is 127 Å². The van der Waals surface area contributed by atoms with Crippen molar-refractivity contribution in [3.8, 4) is 0 Å². The summed E-state index contributed by atoms with van der Waals surface area (Å²) in [5, 5.41) is 12.1. The highest BCUT2D eigenvalue weighted by Gasteiger charge is 2.19. The summed E-state index contributed by atoms with van der Waals surface area (Å²) < 4.78 is 0. The fraction of sp³-hybridized carbons (Fsp3) is 0.588. The maximum absolute atomic E-state index is 11.7. The van der Waals surface area contributed by atoms with Crippen LogP contribution < -0.4 is 5.32 Å². The lowest BCUT2D eigenvalue weighted by Gasteiger charge is -2.31. The zero-order valence-electron chi connectivity index (χ0n) is 13.0. The van der Waals surface area contributed by atoms with Gasteiger partial charge in [-0.25, -0.2) is 0 Å². The molecule has 0 spiro atoms. The molecule has 0 heterocycles. The normalized spacial score (nSPS) is 17.7. The molecule has 1 aromatic rings. The van der Waals surface area contributed by atoms with Crippen LogP contribution in [0.4, 0.5) is 5.69 Å². The first-order chi connectivity index (χ1) is 10.1. The lowest BCUT2D eigenvalue weighted by Crippen LogP contribution is -2.33. The van der Waals surface area contributed by atoms with E-state index < -0.39 is 6.10 Å². The zero-order valence-corrected chi connectivity index (χ0v) is 13.0. The molecule has 2 rings (SSSR count). The van der Waals surface area contributed by atoms with E-state index in [9.17, 15) is 9.90 Å². The van der Waals surface area contributed by atoms with E-state index in [1.165, 1.54) is 39.0 Å². The fourth-order valence-corrected chi connectivity index (χ4v) is 2.94. The minimum atomic E-state index is -0.992. The summed E-state index contributed by atoms with van der Waals surface area (Å²) >= 11 is 0. The monoisotopic (exact) mass is 290 g/mol. The predicted molar refractivity (Wildman–Crippen MR) is 85.1 cm³/mol. The quantitative estimate of drug-likeness (QED) is 0.876. The van der Waals surface area contributed by atoms with Crippen LogP contribution in [-0.4, -0.2) is 35.1 Å². The highest BCUT2D eigenvalue weighted by molar-refractivity contribution is 5.94. The fourth-order valence-electron chi connectivity index (χ4n) is 2.94. The third-order valence-electron chi connectivity index (χ3n) is 4.27. The van der Waals surface area contributed by atoms with Crippen molar-refractivity contribution in [1.82, 2.24) is 4.90 Å². The van der Waals surface area contributed by atoms with Crippen molar-refractivity contribution < 1.29 is 9.90 Å². The van der Waals surface area contributed by atoms with Crippen molar-refractivity contribution in [3.05, 3.63) is 29.8 Å². The minimum absolute atomic E-state index is 0.359. The van der Waals surface area contributed by atoms with Crippen LogP contribution in [0.25, 0.3) is 0 Å². The molecule has 21 heavy (non-hydrogen) atoms. The maximum Gasteiger partial charge on any atom is 0.252 e. The van der Waals surface area contributed by atoms with Crippen LogP contribution in [0.15, 0.2) is 24.3 Å². The number of hydrogen-bond donors (Lipinski definition) is 2. The number of hydrogen-bond acceptors (Lipinski definition) is 3. The Morgan fingerprint density at radius 3 is 2.67 bits per heavy atom. The summed E-state index contributed by atoms with van der Waals surface area (Å²) in [7, 11) is 2.16. The van der Waals surface area contributed by atoms with Crippen LogP contribution in [0.1, 0.15) is 44.6 Å². The van der Waals surface area contributed by atoms with Gasteiger partial charge in [-0.2, -0.15) is 0 Å². The average molecular weight is 290 g/mol. The number of rotatable bonds is 5. The number of carbonyl (C=O) groups is 1. The molecule has 116 valence electrons. The van der Waals surface area contributed by atoms with Gasteiger partial charge in [-0.1, -0.05) is 37.5 Å². The molecule has 2 N–H and O–H groups in total. The first-order valence-electron chi connectivity index (χ1n) is 7.85. The van der Waals surface area contributed by atoms with Gasteiger partial charge >= 0.3 is 0 Å². The number of nitrogens with zero attached hydrogens (tertiary/aromatic N) is 1. The molecule has 1 saturated carbocycles. The Balaban J connectivity index is 2.03. The number of benzene rings is 1. The average Bonchev–Trinajstić information content (AvgIpc) is 2.50. The molecule has 4 heteroatoms. The Morgan fingerprint density at radius 2 is 2.00 bits per heavy atom. The van der Waals surface area contributed by atoms with Crippen molar-refractivity contribution in [3.63, 3.8) is 0 Å². The summed E-state index contributed by atoms with van der Waals surface area (Å²) in [5.74, 6) is -0.359. The summed E-state index contributed by atoms with van der Waals surface area (Å²) in [6, 6.07) is 8.46. The van der Waals surface area contributed by atoms with E-state index in [2.05, 4.69) is 17.3 Å². The molecule has 0 aliphatic heterocycles. The van der Waals surface area contributed by atoms with Crippen LogP contribution in [0.5, 0.6) is 0 Å². The second-order valence-electron chi connectivity index (χ2n) is 6.03. The Bertz CT molecular complexity index is 468. The third kappa shape index (κ3) is 4.55. The predicted octanol–water partition coefficient (Wildman–Crippen LogP) is 2.77. The maximum atomic E-state index is 11.7. The molecule has 1 aliphatic rings. The van der Waals surface area contributed by atoms with Crippen molar-refractivity contribution >= 4 is 11.6 Å². The molecule has 1 fully saturated rings. The van der Waals surface area contributed by atoms with Gasteiger partial charge in [0.05, 0.1) is 0 Å². The zero-order chi connectivity index (χ0) is 15.2. The van der Waals surface area contributed by atoms with E-state index >= 15 is 0 Å². The standard InChI is InChI=1S/C17H26N2O2/c1-13(20)17(21)18-16-11-7-6-8-14(16)12-19(2)15-9-4-3-5-10-15/h6-8,11,13,15,20H,3-5,9-10,12H2,1-2H3,(H,18,21). The topological polar surface area (TPSA) is 52.6 Å². The smallest absolute Gasteiger partial charge is 0.252 e. The molecule has 0 saturated heterocycles. The summed E-state index contributed by atoms with van der Waals surface area (Å²) in [4.78, 5) is 14.1. The number of nitrogens with one attached hydrogen (secondary N) is 1. The summed E-state index contributed by atoms with van der Waals surface area (Å²) in [6.07, 6.45) is 5.52. The number of anilines is 1. The van der Waals surface area contributed by atoms with Crippen molar-refractivity contribution in [1.29, 1.82) is 0 Å². The van der Waals surface area contributed by atoms with Crippen molar-refractivity contribution in [2.24, 2.45) is 0 Å². The molecule has 1 unspecified atom stereocenters. The number of carbonyl (C=O) groups excluding carboxylic acids is 1. The van der Waals surface area contributed by atoms with E-state index in [0.29, 0.717) is 6.04 Å². The Hall–Kier alpha value is -1.39. The van der Waals surface area contributed by atoms with Crippen LogP contribution in [-0.2, 0) is 11.3 Å². The molecule has 1 amide bonds. The van der Waals surface area contributed by atoms with E-state index in [4.69, 9.17) is 0 Å². The number of aliphatic hydroxyl groups excluding tert-OH is 1.